The number of carbonyl (C=O) groups is 1. The van der Waals surface area contributed by atoms with Crippen molar-refractivity contribution in [3.63, 3.8) is 0 Å². The normalized spacial score (nSPS) is 11.9. The zero-order valence-electron chi connectivity index (χ0n) is 12.1. The summed E-state index contributed by atoms with van der Waals surface area (Å²) in [5.41, 5.74) is 0.480. The molecule has 0 aliphatic rings. The molecule has 0 saturated carbocycles. The molecule has 2 nitrogen and oxygen atoms in total. The number of carbonyl (C=O) groups excluding carboxylic acids is 1. The number of hydrogen-bond acceptors (Lipinski definition) is 2. The van der Waals surface area contributed by atoms with Crippen LogP contribution in [0.4, 0.5) is 4.39 Å². The van der Waals surface area contributed by atoms with Crippen LogP contribution in [0.1, 0.15) is 36.5 Å². The molecule has 2 aromatic carbocycles. The van der Waals surface area contributed by atoms with Gasteiger partial charge >= 0.3 is 0 Å². The average Bonchev–Trinajstić information content (AvgIpc) is 2.52. The van der Waals surface area contributed by atoms with Crippen molar-refractivity contribution >= 4 is 5.78 Å². The van der Waals surface area contributed by atoms with Gasteiger partial charge in [0.1, 0.15) is 11.6 Å². The first kappa shape index (κ1) is 15.2. The van der Waals surface area contributed by atoms with Gasteiger partial charge in [-0.25, -0.2) is 4.39 Å². The summed E-state index contributed by atoms with van der Waals surface area (Å²) in [5.74, 6) is 0.224. The Balaban J connectivity index is 2.14. The minimum Gasteiger partial charge on any atom is -0.482 e. The van der Waals surface area contributed by atoms with E-state index in [-0.39, 0.29) is 11.6 Å². The quantitative estimate of drug-likeness (QED) is 0.693. The molecule has 1 atom stereocenters. The largest absolute Gasteiger partial charge is 0.482 e. The van der Waals surface area contributed by atoms with Crippen LogP contribution >= 0.6 is 0 Å². The third kappa shape index (κ3) is 4.42. The molecule has 0 fully saturated rings. The standard InChI is InChI=1S/C18H19FO2/c1-2-3-9-17(21-16-7-5-4-6-8-16)18(20)14-10-12-15(19)13-11-14/h4-8,10-13,17H,2-3,9H2,1H3. The number of Topliss-reactive ketones (excluding diaryl/α,β-unsaturated/α-hetero) is 1. The molecule has 0 aromatic heterocycles. The summed E-state index contributed by atoms with van der Waals surface area (Å²) < 4.78 is 18.8. The van der Waals surface area contributed by atoms with E-state index in [1.54, 1.807) is 0 Å². The Bertz CT molecular complexity index is 564. The Kier molecular flexibility index (Phi) is 5.50. The van der Waals surface area contributed by atoms with Crippen LogP contribution in [0.2, 0.25) is 0 Å². The lowest BCUT2D eigenvalue weighted by molar-refractivity contribution is 0.0775. The van der Waals surface area contributed by atoms with Gasteiger partial charge in [0.05, 0.1) is 0 Å². The SMILES string of the molecule is CCCCC(Oc1ccccc1)C(=O)c1ccc(F)cc1. The van der Waals surface area contributed by atoms with Gasteiger partial charge in [0.2, 0.25) is 5.78 Å². The highest BCUT2D eigenvalue weighted by atomic mass is 19.1. The first-order valence-corrected chi connectivity index (χ1v) is 7.22. The maximum absolute atomic E-state index is 13.0. The molecule has 0 saturated heterocycles. The van der Waals surface area contributed by atoms with Gasteiger partial charge in [0.25, 0.3) is 0 Å². The van der Waals surface area contributed by atoms with Crippen LogP contribution in [0.3, 0.4) is 0 Å². The molecule has 0 spiro atoms. The molecule has 21 heavy (non-hydrogen) atoms. The lowest BCUT2D eigenvalue weighted by atomic mass is 10.0. The molecule has 0 bridgehead atoms. The Morgan fingerprint density at radius 1 is 1.10 bits per heavy atom. The van der Waals surface area contributed by atoms with E-state index in [9.17, 15) is 9.18 Å². The van der Waals surface area contributed by atoms with Crippen molar-refractivity contribution in [3.05, 3.63) is 66.0 Å². The fourth-order valence-corrected chi connectivity index (χ4v) is 2.10. The summed E-state index contributed by atoms with van der Waals surface area (Å²) in [6.45, 7) is 2.07. The molecular weight excluding hydrogens is 267 g/mol. The summed E-state index contributed by atoms with van der Waals surface area (Å²) in [6.07, 6.45) is 2.02. The number of benzene rings is 2. The van der Waals surface area contributed by atoms with Crippen LogP contribution in [-0.4, -0.2) is 11.9 Å². The van der Waals surface area contributed by atoms with Gasteiger partial charge in [0, 0.05) is 5.56 Å². The number of ketones is 1. The molecular formula is C18H19FO2. The second kappa shape index (κ2) is 7.58. The summed E-state index contributed by atoms with van der Waals surface area (Å²) in [5, 5.41) is 0. The minimum absolute atomic E-state index is 0.104. The van der Waals surface area contributed by atoms with E-state index in [0.29, 0.717) is 17.7 Å². The Morgan fingerprint density at radius 3 is 2.38 bits per heavy atom. The topological polar surface area (TPSA) is 26.3 Å². The van der Waals surface area contributed by atoms with Crippen molar-refractivity contribution in [1.29, 1.82) is 0 Å². The highest BCUT2D eigenvalue weighted by molar-refractivity contribution is 5.99. The molecule has 0 aliphatic carbocycles. The summed E-state index contributed by atoms with van der Waals surface area (Å²) >= 11 is 0. The van der Waals surface area contributed by atoms with Crippen molar-refractivity contribution in [2.45, 2.75) is 32.3 Å². The monoisotopic (exact) mass is 286 g/mol. The minimum atomic E-state index is -0.530. The molecule has 1 unspecified atom stereocenters. The molecule has 3 heteroatoms. The second-order valence-electron chi connectivity index (χ2n) is 4.93. The van der Waals surface area contributed by atoms with Gasteiger partial charge in [-0.3, -0.25) is 4.79 Å². The van der Waals surface area contributed by atoms with E-state index in [0.717, 1.165) is 12.8 Å². The average molecular weight is 286 g/mol. The van der Waals surface area contributed by atoms with Gasteiger partial charge in [-0.15, -0.1) is 0 Å². The molecule has 0 aliphatic heterocycles. The van der Waals surface area contributed by atoms with Crippen LogP contribution < -0.4 is 4.74 Å². The van der Waals surface area contributed by atoms with Crippen molar-refractivity contribution in [3.8, 4) is 5.75 Å². The molecule has 0 radical (unpaired) electrons. The number of unbranched alkanes of at least 4 members (excludes halogenated alkanes) is 1. The first-order valence-electron chi connectivity index (χ1n) is 7.22. The van der Waals surface area contributed by atoms with Gasteiger partial charge < -0.3 is 4.74 Å². The van der Waals surface area contributed by atoms with E-state index < -0.39 is 6.10 Å². The van der Waals surface area contributed by atoms with Crippen LogP contribution in [0.25, 0.3) is 0 Å². The van der Waals surface area contributed by atoms with E-state index >= 15 is 0 Å². The maximum atomic E-state index is 13.0. The number of halogens is 1. The number of hydrogen-bond donors (Lipinski definition) is 0. The van der Waals surface area contributed by atoms with Crippen molar-refractivity contribution in [1.82, 2.24) is 0 Å². The fourth-order valence-electron chi connectivity index (χ4n) is 2.10. The first-order chi connectivity index (χ1) is 10.2. The lowest BCUT2D eigenvalue weighted by Gasteiger charge is -2.18. The number of rotatable bonds is 7. The summed E-state index contributed by atoms with van der Waals surface area (Å²) in [7, 11) is 0. The predicted molar refractivity (Wildman–Crippen MR) is 81.1 cm³/mol. The number of para-hydroxylation sites is 1. The van der Waals surface area contributed by atoms with Crippen molar-refractivity contribution in [2.24, 2.45) is 0 Å². The Hall–Kier alpha value is -2.16. The van der Waals surface area contributed by atoms with Gasteiger partial charge in [-0.1, -0.05) is 31.5 Å². The molecule has 0 heterocycles. The number of ether oxygens (including phenoxy) is 1. The predicted octanol–water partition coefficient (Wildman–Crippen LogP) is 4.65. The van der Waals surface area contributed by atoms with Gasteiger partial charge in [0.15, 0.2) is 6.10 Å². The second-order valence-corrected chi connectivity index (χ2v) is 4.93. The Labute approximate surface area is 124 Å². The molecule has 2 rings (SSSR count). The molecule has 2 aromatic rings. The molecule has 0 N–H and O–H groups in total. The smallest absolute Gasteiger partial charge is 0.203 e. The third-order valence-electron chi connectivity index (χ3n) is 3.26. The van der Waals surface area contributed by atoms with Crippen LogP contribution in [-0.2, 0) is 0 Å². The van der Waals surface area contributed by atoms with Gasteiger partial charge in [-0.2, -0.15) is 0 Å². The zero-order valence-corrected chi connectivity index (χ0v) is 12.1. The van der Waals surface area contributed by atoms with E-state index in [1.807, 2.05) is 30.3 Å². The van der Waals surface area contributed by atoms with Crippen LogP contribution in [0.15, 0.2) is 54.6 Å². The van der Waals surface area contributed by atoms with E-state index in [1.165, 1.54) is 24.3 Å². The summed E-state index contributed by atoms with van der Waals surface area (Å²) in [6, 6.07) is 14.9. The van der Waals surface area contributed by atoms with Crippen LogP contribution in [0.5, 0.6) is 5.75 Å². The summed E-state index contributed by atoms with van der Waals surface area (Å²) in [4.78, 5) is 12.5. The highest BCUT2D eigenvalue weighted by Gasteiger charge is 2.21. The zero-order chi connectivity index (χ0) is 15.1. The highest BCUT2D eigenvalue weighted by Crippen LogP contribution is 2.18. The maximum Gasteiger partial charge on any atom is 0.203 e. The Morgan fingerprint density at radius 2 is 1.76 bits per heavy atom. The molecule has 110 valence electrons. The van der Waals surface area contributed by atoms with E-state index in [2.05, 4.69) is 6.92 Å². The molecule has 0 amide bonds. The van der Waals surface area contributed by atoms with Crippen LogP contribution in [0, 0.1) is 5.82 Å². The fraction of sp³-hybridized carbons (Fsp3) is 0.278. The third-order valence-corrected chi connectivity index (χ3v) is 3.26. The van der Waals surface area contributed by atoms with Crippen molar-refractivity contribution < 1.29 is 13.9 Å². The lowest BCUT2D eigenvalue weighted by Crippen LogP contribution is -2.27. The van der Waals surface area contributed by atoms with Gasteiger partial charge in [-0.05, 0) is 49.2 Å². The van der Waals surface area contributed by atoms with E-state index in [4.69, 9.17) is 4.74 Å². The van der Waals surface area contributed by atoms with Crippen molar-refractivity contribution in [2.75, 3.05) is 0 Å².